The van der Waals surface area contributed by atoms with E-state index in [4.69, 9.17) is 5.26 Å². The van der Waals surface area contributed by atoms with E-state index >= 15 is 0 Å². The first-order chi connectivity index (χ1) is 8.06. The predicted molar refractivity (Wildman–Crippen MR) is 69.9 cm³/mol. The molecular weight excluding hydrogens is 280 g/mol. The normalized spacial score (nSPS) is 11.9. The summed E-state index contributed by atoms with van der Waals surface area (Å²) in [5, 5.41) is 11.7. The van der Waals surface area contributed by atoms with Crippen LogP contribution in [0.25, 0.3) is 0 Å². The van der Waals surface area contributed by atoms with Crippen LogP contribution in [0.5, 0.6) is 0 Å². The van der Waals surface area contributed by atoms with Crippen molar-refractivity contribution in [3.05, 3.63) is 34.3 Å². The number of carbonyl (C=O) groups excluding carboxylic acids is 1. The van der Waals surface area contributed by atoms with Crippen molar-refractivity contribution in [2.45, 2.75) is 20.4 Å². The van der Waals surface area contributed by atoms with Crippen molar-refractivity contribution in [1.29, 1.82) is 5.26 Å². The lowest BCUT2D eigenvalue weighted by Gasteiger charge is -2.13. The molecule has 0 saturated carbocycles. The van der Waals surface area contributed by atoms with E-state index in [0.29, 0.717) is 6.54 Å². The van der Waals surface area contributed by atoms with Gasteiger partial charge in [-0.2, -0.15) is 5.26 Å². The van der Waals surface area contributed by atoms with Gasteiger partial charge in [0.15, 0.2) is 0 Å². The molecular formula is C13H15BrN2O. The maximum Gasteiger partial charge on any atom is 0.237 e. The van der Waals surface area contributed by atoms with Crippen molar-refractivity contribution in [2.24, 2.45) is 11.8 Å². The lowest BCUT2D eigenvalue weighted by atomic mass is 9.96. The molecule has 0 aliphatic heterocycles. The Morgan fingerprint density at radius 1 is 1.47 bits per heavy atom. The lowest BCUT2D eigenvalue weighted by Crippen LogP contribution is -2.32. The Hall–Kier alpha value is -1.34. The van der Waals surface area contributed by atoms with Crippen LogP contribution in [0.3, 0.4) is 0 Å². The summed E-state index contributed by atoms with van der Waals surface area (Å²) in [4.78, 5) is 11.8. The third kappa shape index (κ3) is 3.86. The first-order valence-electron chi connectivity index (χ1n) is 5.47. The molecule has 1 unspecified atom stereocenters. The van der Waals surface area contributed by atoms with Crippen LogP contribution < -0.4 is 5.32 Å². The number of nitrogens with zero attached hydrogens (tertiary/aromatic N) is 1. The van der Waals surface area contributed by atoms with Gasteiger partial charge >= 0.3 is 0 Å². The highest BCUT2D eigenvalue weighted by molar-refractivity contribution is 9.10. The van der Waals surface area contributed by atoms with Crippen LogP contribution in [0, 0.1) is 23.2 Å². The summed E-state index contributed by atoms with van der Waals surface area (Å²) in [6, 6.07) is 9.71. The number of benzene rings is 1. The maximum absolute atomic E-state index is 11.8. The van der Waals surface area contributed by atoms with E-state index in [-0.39, 0.29) is 11.8 Å². The van der Waals surface area contributed by atoms with E-state index in [0.717, 1.165) is 10.0 Å². The van der Waals surface area contributed by atoms with Gasteiger partial charge in [-0.15, -0.1) is 0 Å². The number of carbonyl (C=O) groups is 1. The Balaban J connectivity index is 2.60. The summed E-state index contributed by atoms with van der Waals surface area (Å²) in [5.74, 6) is -0.769. The van der Waals surface area contributed by atoms with Crippen LogP contribution in [-0.4, -0.2) is 5.91 Å². The van der Waals surface area contributed by atoms with Crippen LogP contribution >= 0.6 is 15.9 Å². The number of halogens is 1. The van der Waals surface area contributed by atoms with Crippen LogP contribution in [0.4, 0.5) is 0 Å². The third-order valence-corrected chi connectivity index (χ3v) is 3.27. The van der Waals surface area contributed by atoms with Gasteiger partial charge in [-0.05, 0) is 17.5 Å². The molecule has 1 atom stereocenters. The second kappa shape index (κ2) is 6.41. The van der Waals surface area contributed by atoms with E-state index in [2.05, 4.69) is 21.2 Å². The predicted octanol–water partition coefficient (Wildman–Crippen LogP) is 2.86. The van der Waals surface area contributed by atoms with Crippen molar-refractivity contribution in [3.8, 4) is 6.07 Å². The van der Waals surface area contributed by atoms with Crippen LogP contribution in [0.15, 0.2) is 28.7 Å². The third-order valence-electron chi connectivity index (χ3n) is 2.50. The van der Waals surface area contributed by atoms with Crippen LogP contribution in [0.2, 0.25) is 0 Å². The zero-order valence-electron chi connectivity index (χ0n) is 9.90. The van der Waals surface area contributed by atoms with Gasteiger partial charge in [-0.25, -0.2) is 0 Å². The molecule has 1 aromatic carbocycles. The Morgan fingerprint density at radius 2 is 2.12 bits per heavy atom. The van der Waals surface area contributed by atoms with Crippen molar-refractivity contribution >= 4 is 21.8 Å². The largest absolute Gasteiger partial charge is 0.351 e. The molecule has 17 heavy (non-hydrogen) atoms. The zero-order valence-corrected chi connectivity index (χ0v) is 11.5. The van der Waals surface area contributed by atoms with Gasteiger partial charge in [0.2, 0.25) is 5.91 Å². The van der Waals surface area contributed by atoms with Gasteiger partial charge in [-0.3, -0.25) is 4.79 Å². The highest BCUT2D eigenvalue weighted by Gasteiger charge is 2.21. The summed E-state index contributed by atoms with van der Waals surface area (Å²) in [6.45, 7) is 4.17. The maximum atomic E-state index is 11.8. The number of nitrogens with one attached hydrogen (secondary N) is 1. The minimum atomic E-state index is -0.586. The number of hydrogen-bond donors (Lipinski definition) is 1. The molecule has 0 radical (unpaired) electrons. The first kappa shape index (κ1) is 13.7. The Bertz CT molecular complexity index is 437. The fourth-order valence-electron chi connectivity index (χ4n) is 1.44. The topological polar surface area (TPSA) is 52.9 Å². The minimum absolute atomic E-state index is 0.0271. The minimum Gasteiger partial charge on any atom is -0.351 e. The van der Waals surface area contributed by atoms with E-state index < -0.39 is 5.92 Å². The van der Waals surface area contributed by atoms with Gasteiger partial charge in [-0.1, -0.05) is 48.0 Å². The molecule has 1 N–H and O–H groups in total. The van der Waals surface area contributed by atoms with Crippen molar-refractivity contribution in [2.75, 3.05) is 0 Å². The SMILES string of the molecule is CC(C)C(C#N)C(=O)NCc1ccccc1Br. The molecule has 90 valence electrons. The molecule has 4 heteroatoms. The van der Waals surface area contributed by atoms with Crippen LogP contribution in [0.1, 0.15) is 19.4 Å². The van der Waals surface area contributed by atoms with E-state index in [1.165, 1.54) is 0 Å². The zero-order chi connectivity index (χ0) is 12.8. The first-order valence-corrected chi connectivity index (χ1v) is 6.26. The molecule has 0 aliphatic rings. The molecule has 3 nitrogen and oxygen atoms in total. The summed E-state index contributed by atoms with van der Waals surface area (Å²) in [6.07, 6.45) is 0. The van der Waals surface area contributed by atoms with Crippen LogP contribution in [-0.2, 0) is 11.3 Å². The quantitative estimate of drug-likeness (QED) is 0.928. The van der Waals surface area contributed by atoms with Crippen molar-refractivity contribution in [1.82, 2.24) is 5.32 Å². The monoisotopic (exact) mass is 294 g/mol. The average molecular weight is 295 g/mol. The van der Waals surface area contributed by atoms with E-state index in [1.807, 2.05) is 44.2 Å². The van der Waals surface area contributed by atoms with Gasteiger partial charge in [0.25, 0.3) is 0 Å². The van der Waals surface area contributed by atoms with E-state index in [9.17, 15) is 4.79 Å². The molecule has 0 saturated heterocycles. The summed E-state index contributed by atoms with van der Waals surface area (Å²) >= 11 is 3.41. The standard InChI is InChI=1S/C13H15BrN2O/c1-9(2)11(7-15)13(17)16-8-10-5-3-4-6-12(10)14/h3-6,9,11H,8H2,1-2H3,(H,16,17). The van der Waals surface area contributed by atoms with Gasteiger partial charge in [0.1, 0.15) is 5.92 Å². The van der Waals surface area contributed by atoms with Gasteiger partial charge in [0.05, 0.1) is 6.07 Å². The fraction of sp³-hybridized carbons (Fsp3) is 0.385. The second-order valence-electron chi connectivity index (χ2n) is 4.16. The number of nitriles is 1. The van der Waals surface area contributed by atoms with Crippen molar-refractivity contribution < 1.29 is 4.79 Å². The second-order valence-corrected chi connectivity index (χ2v) is 5.01. The van der Waals surface area contributed by atoms with Gasteiger partial charge < -0.3 is 5.32 Å². The summed E-state index contributed by atoms with van der Waals surface area (Å²) in [7, 11) is 0. The lowest BCUT2D eigenvalue weighted by molar-refractivity contribution is -0.124. The molecule has 1 amide bonds. The molecule has 0 spiro atoms. The molecule has 1 rings (SSSR count). The number of rotatable bonds is 4. The van der Waals surface area contributed by atoms with Crippen molar-refractivity contribution in [3.63, 3.8) is 0 Å². The highest BCUT2D eigenvalue weighted by atomic mass is 79.9. The number of amides is 1. The molecule has 0 heterocycles. The smallest absolute Gasteiger partial charge is 0.237 e. The Morgan fingerprint density at radius 3 is 2.65 bits per heavy atom. The Kier molecular flexibility index (Phi) is 5.17. The Labute approximate surface area is 110 Å². The highest BCUT2D eigenvalue weighted by Crippen LogP contribution is 2.16. The molecule has 1 aromatic rings. The average Bonchev–Trinajstić information content (AvgIpc) is 2.28. The van der Waals surface area contributed by atoms with E-state index in [1.54, 1.807) is 0 Å². The molecule has 0 aromatic heterocycles. The van der Waals surface area contributed by atoms with Gasteiger partial charge in [0, 0.05) is 11.0 Å². The fourth-order valence-corrected chi connectivity index (χ4v) is 1.87. The summed E-state index contributed by atoms with van der Waals surface area (Å²) < 4.78 is 0.957. The molecule has 0 bridgehead atoms. The summed E-state index contributed by atoms with van der Waals surface area (Å²) in [5.41, 5.74) is 1.00. The number of hydrogen-bond acceptors (Lipinski definition) is 2. The molecule has 0 fully saturated rings. The molecule has 0 aliphatic carbocycles.